The van der Waals surface area contributed by atoms with Crippen LogP contribution in [-0.4, -0.2) is 59.0 Å². The van der Waals surface area contributed by atoms with E-state index < -0.39 is 5.97 Å². The van der Waals surface area contributed by atoms with Crippen molar-refractivity contribution in [1.29, 1.82) is 0 Å². The van der Waals surface area contributed by atoms with Crippen LogP contribution < -0.4 is 15.8 Å². The standard InChI is InChI=1S/C22H26N4O4.C2H4O2/c1-14-11-17(6-7-18(14)22(28)26-9-3-4-10-26)24-20(27)13-16-12-15(21(23)25-29)5-8-19(16)30-2;1-2(3)4/h5-8,11-12,29H,3-4,9-10,13H2,1-2H3,(H2,23,25)(H,24,27);1H3,(H,3,4). The number of aliphatic carboxylic acids is 1. The molecule has 1 heterocycles. The van der Waals surface area contributed by atoms with Gasteiger partial charge in [-0.1, -0.05) is 5.16 Å². The lowest BCUT2D eigenvalue weighted by molar-refractivity contribution is -0.134. The third-order valence-corrected chi connectivity index (χ3v) is 5.17. The number of likely N-dealkylation sites (tertiary alicyclic amines) is 1. The summed E-state index contributed by atoms with van der Waals surface area (Å²) < 4.78 is 5.31. The monoisotopic (exact) mass is 470 g/mol. The summed E-state index contributed by atoms with van der Waals surface area (Å²) in [4.78, 5) is 36.1. The van der Waals surface area contributed by atoms with E-state index in [1.807, 2.05) is 11.8 Å². The Morgan fingerprint density at radius 3 is 2.35 bits per heavy atom. The Labute approximate surface area is 198 Å². The first-order chi connectivity index (χ1) is 16.2. The molecule has 0 radical (unpaired) electrons. The van der Waals surface area contributed by atoms with E-state index in [4.69, 9.17) is 25.6 Å². The van der Waals surface area contributed by atoms with Crippen LogP contribution in [0.5, 0.6) is 5.75 Å². The number of oxime groups is 1. The molecule has 2 amide bonds. The maximum atomic E-state index is 12.6. The number of carboxylic acid groups (broad SMARTS) is 1. The van der Waals surface area contributed by atoms with Gasteiger partial charge in [0.15, 0.2) is 5.84 Å². The third-order valence-electron chi connectivity index (χ3n) is 5.17. The maximum Gasteiger partial charge on any atom is 0.300 e. The van der Waals surface area contributed by atoms with Crippen LogP contribution in [0.4, 0.5) is 5.69 Å². The number of amidine groups is 1. The van der Waals surface area contributed by atoms with Crippen LogP contribution >= 0.6 is 0 Å². The molecule has 182 valence electrons. The minimum atomic E-state index is -0.833. The molecule has 0 atom stereocenters. The highest BCUT2D eigenvalue weighted by Crippen LogP contribution is 2.23. The molecule has 5 N–H and O–H groups in total. The van der Waals surface area contributed by atoms with Crippen molar-refractivity contribution in [3.05, 3.63) is 58.7 Å². The fourth-order valence-electron chi connectivity index (χ4n) is 3.58. The normalized spacial score (nSPS) is 13.0. The Hall–Kier alpha value is -4.08. The molecule has 0 unspecified atom stereocenters. The van der Waals surface area contributed by atoms with Gasteiger partial charge in [-0.15, -0.1) is 0 Å². The van der Waals surface area contributed by atoms with Gasteiger partial charge in [0.25, 0.3) is 11.9 Å². The molecule has 0 aromatic heterocycles. The Balaban J connectivity index is 0.000000945. The van der Waals surface area contributed by atoms with Gasteiger partial charge in [-0.25, -0.2) is 0 Å². The molecule has 1 fully saturated rings. The average molecular weight is 471 g/mol. The first kappa shape index (κ1) is 26.2. The van der Waals surface area contributed by atoms with Crippen molar-refractivity contribution in [2.75, 3.05) is 25.5 Å². The number of nitrogens with one attached hydrogen (secondary N) is 1. The number of hydrogen-bond acceptors (Lipinski definition) is 6. The van der Waals surface area contributed by atoms with E-state index in [9.17, 15) is 9.59 Å². The Morgan fingerprint density at radius 2 is 1.79 bits per heavy atom. The van der Waals surface area contributed by atoms with E-state index in [-0.39, 0.29) is 24.1 Å². The van der Waals surface area contributed by atoms with E-state index in [1.165, 1.54) is 7.11 Å². The van der Waals surface area contributed by atoms with Gasteiger partial charge in [0.2, 0.25) is 5.91 Å². The number of carboxylic acids is 1. The summed E-state index contributed by atoms with van der Waals surface area (Å²) in [5.41, 5.74) is 8.82. The van der Waals surface area contributed by atoms with Gasteiger partial charge >= 0.3 is 0 Å². The minimum Gasteiger partial charge on any atom is -0.496 e. The van der Waals surface area contributed by atoms with Crippen molar-refractivity contribution < 1.29 is 29.4 Å². The van der Waals surface area contributed by atoms with E-state index in [1.54, 1.807) is 36.4 Å². The first-order valence-corrected chi connectivity index (χ1v) is 10.7. The van der Waals surface area contributed by atoms with E-state index in [0.717, 1.165) is 38.4 Å². The molecule has 10 heteroatoms. The van der Waals surface area contributed by atoms with Crippen LogP contribution in [0.1, 0.15) is 46.8 Å². The zero-order valence-corrected chi connectivity index (χ0v) is 19.5. The number of aryl methyl sites for hydroxylation is 1. The Bertz CT molecular complexity index is 1070. The second-order valence-corrected chi connectivity index (χ2v) is 7.78. The number of rotatable bonds is 6. The number of carbonyl (C=O) groups excluding carboxylic acids is 2. The number of hydrogen-bond donors (Lipinski definition) is 4. The van der Waals surface area contributed by atoms with Crippen molar-refractivity contribution in [2.45, 2.75) is 33.1 Å². The molecule has 10 nitrogen and oxygen atoms in total. The van der Waals surface area contributed by atoms with Crippen LogP contribution in [0.15, 0.2) is 41.6 Å². The predicted molar refractivity (Wildman–Crippen MR) is 127 cm³/mol. The molecular weight excluding hydrogens is 440 g/mol. The summed E-state index contributed by atoms with van der Waals surface area (Å²) >= 11 is 0. The quantitative estimate of drug-likeness (QED) is 0.219. The number of carbonyl (C=O) groups is 3. The molecule has 2 aromatic carbocycles. The number of methoxy groups -OCH3 is 1. The van der Waals surface area contributed by atoms with Gasteiger partial charge in [0, 0.05) is 42.4 Å². The van der Waals surface area contributed by atoms with Crippen LogP contribution in [0.2, 0.25) is 0 Å². The lowest BCUT2D eigenvalue weighted by atomic mass is 10.0. The summed E-state index contributed by atoms with van der Waals surface area (Å²) in [6.45, 7) is 4.54. The lowest BCUT2D eigenvalue weighted by Crippen LogP contribution is -2.28. The SMILES string of the molecule is CC(=O)O.COc1ccc(C(N)=NO)cc1CC(=O)Nc1ccc(C(=O)N2CCCC2)c(C)c1. The van der Waals surface area contributed by atoms with Crippen LogP contribution in [-0.2, 0) is 16.0 Å². The second kappa shape index (κ2) is 12.2. The van der Waals surface area contributed by atoms with Crippen molar-refractivity contribution in [1.82, 2.24) is 4.90 Å². The predicted octanol–water partition coefficient (Wildman–Crippen LogP) is 2.61. The molecule has 0 bridgehead atoms. The van der Waals surface area contributed by atoms with Crippen molar-refractivity contribution in [3.63, 3.8) is 0 Å². The maximum absolute atomic E-state index is 12.6. The highest BCUT2D eigenvalue weighted by Gasteiger charge is 2.21. The van der Waals surface area contributed by atoms with Crippen LogP contribution in [0.25, 0.3) is 0 Å². The Morgan fingerprint density at radius 1 is 1.15 bits per heavy atom. The fourth-order valence-corrected chi connectivity index (χ4v) is 3.58. The summed E-state index contributed by atoms with van der Waals surface area (Å²) in [5.74, 6) is -0.564. The van der Waals surface area contributed by atoms with Gasteiger partial charge < -0.3 is 31.0 Å². The summed E-state index contributed by atoms with van der Waals surface area (Å²) in [5, 5.41) is 22.1. The number of benzene rings is 2. The smallest absolute Gasteiger partial charge is 0.300 e. The molecule has 1 aliphatic heterocycles. The van der Waals surface area contributed by atoms with Gasteiger partial charge in [-0.3, -0.25) is 14.4 Å². The van der Waals surface area contributed by atoms with Crippen molar-refractivity contribution in [3.8, 4) is 5.75 Å². The molecule has 1 aliphatic rings. The zero-order valence-electron chi connectivity index (χ0n) is 19.5. The van der Waals surface area contributed by atoms with Gasteiger partial charge in [0.1, 0.15) is 5.75 Å². The Kier molecular flexibility index (Phi) is 9.42. The van der Waals surface area contributed by atoms with E-state index in [2.05, 4.69) is 10.5 Å². The zero-order chi connectivity index (χ0) is 25.3. The first-order valence-electron chi connectivity index (χ1n) is 10.7. The highest BCUT2D eigenvalue weighted by atomic mass is 16.5. The molecule has 3 rings (SSSR count). The van der Waals surface area contributed by atoms with Gasteiger partial charge in [-0.2, -0.15) is 0 Å². The fraction of sp³-hybridized carbons (Fsp3) is 0.333. The molecule has 0 aliphatic carbocycles. The second-order valence-electron chi connectivity index (χ2n) is 7.78. The topological polar surface area (TPSA) is 155 Å². The highest BCUT2D eigenvalue weighted by molar-refractivity contribution is 5.99. The number of amides is 2. The lowest BCUT2D eigenvalue weighted by Gasteiger charge is -2.17. The minimum absolute atomic E-state index is 0.0348. The molecule has 34 heavy (non-hydrogen) atoms. The molecule has 1 saturated heterocycles. The number of anilines is 1. The van der Waals surface area contributed by atoms with Crippen LogP contribution in [0, 0.1) is 6.92 Å². The number of nitrogens with zero attached hydrogens (tertiary/aromatic N) is 2. The molecule has 2 aromatic rings. The van der Waals surface area contributed by atoms with E-state index in [0.29, 0.717) is 28.1 Å². The average Bonchev–Trinajstić information content (AvgIpc) is 3.33. The number of ether oxygens (including phenoxy) is 1. The van der Waals surface area contributed by atoms with Gasteiger partial charge in [-0.05, 0) is 61.7 Å². The molecule has 0 saturated carbocycles. The number of nitrogens with two attached hydrogens (primary N) is 1. The third kappa shape index (κ3) is 7.22. The van der Waals surface area contributed by atoms with Crippen molar-refractivity contribution >= 4 is 29.3 Å². The van der Waals surface area contributed by atoms with Gasteiger partial charge in [0.05, 0.1) is 13.5 Å². The van der Waals surface area contributed by atoms with Crippen LogP contribution in [0.3, 0.4) is 0 Å². The summed E-state index contributed by atoms with van der Waals surface area (Å²) in [7, 11) is 1.51. The summed E-state index contributed by atoms with van der Waals surface area (Å²) in [6.07, 6.45) is 2.13. The largest absolute Gasteiger partial charge is 0.496 e. The van der Waals surface area contributed by atoms with Crippen molar-refractivity contribution in [2.24, 2.45) is 10.9 Å². The molecule has 0 spiro atoms. The summed E-state index contributed by atoms with van der Waals surface area (Å²) in [6, 6.07) is 10.2. The molecular formula is C24H30N4O6. The van der Waals surface area contributed by atoms with E-state index >= 15 is 0 Å².